The third-order valence-corrected chi connectivity index (χ3v) is 5.65. The maximum Gasteiger partial charge on any atom is 0.195 e. The average Bonchev–Trinajstić information content (AvgIpc) is 2.59. The maximum atomic E-state index is 13.0. The second-order valence-electron chi connectivity index (χ2n) is 5.93. The molecule has 1 aromatic heterocycles. The van der Waals surface area contributed by atoms with E-state index in [1.165, 1.54) is 11.1 Å². The third kappa shape index (κ3) is 3.04. The zero-order valence-electron chi connectivity index (χ0n) is 13.7. The fourth-order valence-corrected chi connectivity index (χ4v) is 4.26. The van der Waals surface area contributed by atoms with Crippen molar-refractivity contribution >= 4 is 31.5 Å². The molecule has 1 N–H and O–H groups in total. The Morgan fingerprint density at radius 3 is 2.48 bits per heavy atom. The molecule has 0 spiro atoms. The molecule has 2 nitrogen and oxygen atoms in total. The lowest BCUT2D eigenvalue weighted by molar-refractivity contribution is 0.288. The number of rotatable bonds is 5. The van der Waals surface area contributed by atoms with Crippen molar-refractivity contribution in [3.8, 4) is 0 Å². The molecule has 0 saturated carbocycles. The van der Waals surface area contributed by atoms with Crippen LogP contribution in [0.5, 0.6) is 0 Å². The summed E-state index contributed by atoms with van der Waals surface area (Å²) in [4.78, 5) is 13.0. The Balaban J connectivity index is 2.29. The summed E-state index contributed by atoms with van der Waals surface area (Å²) >= 11 is 1.72. The molecule has 120 valence electrons. The van der Waals surface area contributed by atoms with Crippen molar-refractivity contribution in [2.45, 2.75) is 39.5 Å². The van der Waals surface area contributed by atoms with Gasteiger partial charge in [0.15, 0.2) is 5.43 Å². The van der Waals surface area contributed by atoms with Crippen LogP contribution in [0.2, 0.25) is 0 Å². The molecule has 0 unspecified atom stereocenters. The monoisotopic (exact) mass is 326 g/mol. The summed E-state index contributed by atoms with van der Waals surface area (Å²) in [5.74, 6) is 0. The van der Waals surface area contributed by atoms with Crippen LogP contribution in [0.1, 0.15) is 37.0 Å². The standard InChI is InChI=1S/C20H22O2S/c1-3-13-10-15(4-2)20-17(11-13)19(22)16-12-14(6-5-9-21)7-8-18(16)23-20/h7-8,10-12,21H,3-6,9H2,1-2H3. The Morgan fingerprint density at radius 2 is 1.78 bits per heavy atom. The molecule has 3 rings (SSSR count). The number of benzene rings is 2. The first-order valence-electron chi connectivity index (χ1n) is 8.30. The minimum Gasteiger partial charge on any atom is -0.396 e. The van der Waals surface area contributed by atoms with Gasteiger partial charge in [0.1, 0.15) is 0 Å². The first kappa shape index (κ1) is 16.2. The molecule has 0 amide bonds. The Morgan fingerprint density at radius 1 is 1.00 bits per heavy atom. The van der Waals surface area contributed by atoms with Crippen LogP contribution in [-0.4, -0.2) is 11.7 Å². The lowest BCUT2D eigenvalue weighted by Crippen LogP contribution is -2.04. The molecule has 0 radical (unpaired) electrons. The number of aryl methyl sites for hydroxylation is 3. The first-order valence-corrected chi connectivity index (χ1v) is 9.11. The van der Waals surface area contributed by atoms with E-state index < -0.39 is 0 Å². The van der Waals surface area contributed by atoms with E-state index in [0.29, 0.717) is 0 Å². The molecule has 0 fully saturated rings. The second-order valence-corrected chi connectivity index (χ2v) is 6.98. The van der Waals surface area contributed by atoms with E-state index in [9.17, 15) is 4.79 Å². The van der Waals surface area contributed by atoms with Crippen LogP contribution in [0.25, 0.3) is 20.2 Å². The van der Waals surface area contributed by atoms with Gasteiger partial charge in [0.2, 0.25) is 0 Å². The van der Waals surface area contributed by atoms with Gasteiger partial charge in [-0.1, -0.05) is 26.0 Å². The SMILES string of the molecule is CCc1cc(CC)c2sc3ccc(CCCO)cc3c(=O)c2c1. The minimum absolute atomic E-state index is 0.143. The molecular formula is C20H22O2S. The van der Waals surface area contributed by atoms with Crippen LogP contribution in [-0.2, 0) is 19.3 Å². The number of hydrogen-bond acceptors (Lipinski definition) is 3. The van der Waals surface area contributed by atoms with Gasteiger partial charge >= 0.3 is 0 Å². The molecule has 3 aromatic rings. The zero-order chi connectivity index (χ0) is 16.4. The highest BCUT2D eigenvalue weighted by atomic mass is 32.1. The summed E-state index contributed by atoms with van der Waals surface area (Å²) < 4.78 is 2.18. The topological polar surface area (TPSA) is 37.3 Å². The van der Waals surface area contributed by atoms with E-state index >= 15 is 0 Å². The minimum atomic E-state index is 0.143. The van der Waals surface area contributed by atoms with Gasteiger partial charge in [0.05, 0.1) is 0 Å². The fraction of sp³-hybridized carbons (Fsp3) is 0.350. The van der Waals surface area contributed by atoms with Gasteiger partial charge in [-0.3, -0.25) is 4.79 Å². The van der Waals surface area contributed by atoms with Gasteiger partial charge in [-0.05, 0) is 60.6 Å². The van der Waals surface area contributed by atoms with Gasteiger partial charge in [0.25, 0.3) is 0 Å². The number of hydrogen-bond donors (Lipinski definition) is 1. The highest BCUT2D eigenvalue weighted by Crippen LogP contribution is 2.30. The molecule has 3 heteroatoms. The summed E-state index contributed by atoms with van der Waals surface area (Å²) in [7, 11) is 0. The van der Waals surface area contributed by atoms with Crippen molar-refractivity contribution in [3.63, 3.8) is 0 Å². The molecule has 0 atom stereocenters. The molecular weight excluding hydrogens is 304 g/mol. The number of fused-ring (bicyclic) bond motifs is 2. The Labute approximate surface area is 140 Å². The molecule has 0 bridgehead atoms. The molecule has 0 aliphatic carbocycles. The molecule has 0 saturated heterocycles. The van der Waals surface area contributed by atoms with Crippen molar-refractivity contribution in [3.05, 3.63) is 57.2 Å². The molecule has 23 heavy (non-hydrogen) atoms. The Kier molecular flexibility index (Phi) is 4.79. The average molecular weight is 326 g/mol. The van der Waals surface area contributed by atoms with Gasteiger partial charge in [0, 0.05) is 26.8 Å². The van der Waals surface area contributed by atoms with Crippen molar-refractivity contribution in [1.29, 1.82) is 0 Å². The third-order valence-electron chi connectivity index (χ3n) is 4.38. The quantitative estimate of drug-likeness (QED) is 0.703. The van der Waals surface area contributed by atoms with Crippen molar-refractivity contribution in [1.82, 2.24) is 0 Å². The predicted octanol–water partition coefficient (Wildman–Crippen LogP) is 4.46. The van der Waals surface area contributed by atoms with Crippen LogP contribution in [0.15, 0.2) is 35.1 Å². The predicted molar refractivity (Wildman–Crippen MR) is 99.8 cm³/mol. The highest BCUT2D eigenvalue weighted by molar-refractivity contribution is 7.24. The smallest absolute Gasteiger partial charge is 0.195 e. The van der Waals surface area contributed by atoms with Crippen molar-refractivity contribution in [2.75, 3.05) is 6.61 Å². The normalized spacial score (nSPS) is 11.4. The highest BCUT2D eigenvalue weighted by Gasteiger charge is 2.11. The van der Waals surface area contributed by atoms with Crippen molar-refractivity contribution in [2.24, 2.45) is 0 Å². The summed E-state index contributed by atoms with van der Waals surface area (Å²) in [5, 5.41) is 10.7. The van der Waals surface area contributed by atoms with Gasteiger partial charge in [-0.25, -0.2) is 0 Å². The molecule has 0 aliphatic heterocycles. The van der Waals surface area contributed by atoms with Crippen LogP contribution in [0, 0.1) is 0 Å². The lowest BCUT2D eigenvalue weighted by Gasteiger charge is -2.09. The van der Waals surface area contributed by atoms with Crippen LogP contribution < -0.4 is 5.43 Å². The van der Waals surface area contributed by atoms with E-state index in [2.05, 4.69) is 38.1 Å². The summed E-state index contributed by atoms with van der Waals surface area (Å²) in [6.45, 7) is 4.46. The summed E-state index contributed by atoms with van der Waals surface area (Å²) in [6, 6.07) is 10.4. The van der Waals surface area contributed by atoms with Crippen molar-refractivity contribution < 1.29 is 5.11 Å². The summed E-state index contributed by atoms with van der Waals surface area (Å²) in [5.41, 5.74) is 3.77. The second kappa shape index (κ2) is 6.81. The van der Waals surface area contributed by atoms with Crippen LogP contribution in [0.4, 0.5) is 0 Å². The fourth-order valence-electron chi connectivity index (χ4n) is 3.05. The lowest BCUT2D eigenvalue weighted by atomic mass is 10.0. The molecule has 1 heterocycles. The molecule has 2 aromatic carbocycles. The largest absolute Gasteiger partial charge is 0.396 e. The molecule has 0 aliphatic rings. The maximum absolute atomic E-state index is 13.0. The first-order chi connectivity index (χ1) is 11.2. The van der Waals surface area contributed by atoms with E-state index in [4.69, 9.17) is 5.11 Å². The van der Waals surface area contributed by atoms with E-state index in [1.54, 1.807) is 11.3 Å². The number of aliphatic hydroxyl groups excluding tert-OH is 1. The van der Waals surface area contributed by atoms with E-state index in [0.717, 1.165) is 51.4 Å². The van der Waals surface area contributed by atoms with Crippen LogP contribution in [0.3, 0.4) is 0 Å². The van der Waals surface area contributed by atoms with Gasteiger partial charge in [-0.2, -0.15) is 0 Å². The zero-order valence-corrected chi connectivity index (χ0v) is 14.5. The van der Waals surface area contributed by atoms with E-state index in [1.807, 2.05) is 6.07 Å². The number of aliphatic hydroxyl groups is 1. The van der Waals surface area contributed by atoms with Crippen LogP contribution >= 0.6 is 11.3 Å². The van der Waals surface area contributed by atoms with Gasteiger partial charge < -0.3 is 5.11 Å². The van der Waals surface area contributed by atoms with Gasteiger partial charge in [-0.15, -0.1) is 11.3 Å². The van der Waals surface area contributed by atoms with E-state index in [-0.39, 0.29) is 12.0 Å². The Bertz CT molecular complexity index is 909. The summed E-state index contributed by atoms with van der Waals surface area (Å²) in [6.07, 6.45) is 3.43. The Hall–Kier alpha value is -1.71.